The van der Waals surface area contributed by atoms with Gasteiger partial charge in [-0.2, -0.15) is 4.31 Å². The SMILES string of the molecule is CC(=O)NNC(=O)COC(=O)c1ccc(S(=O)(=O)N(C)C2CCCCC2)cc1. The third kappa shape index (κ3) is 5.77. The fourth-order valence-electron chi connectivity index (χ4n) is 2.98. The van der Waals surface area contributed by atoms with Gasteiger partial charge in [-0.3, -0.25) is 20.4 Å². The molecule has 1 aromatic rings. The van der Waals surface area contributed by atoms with Crippen molar-refractivity contribution in [3.05, 3.63) is 29.8 Å². The molecule has 0 saturated heterocycles. The molecule has 0 aromatic heterocycles. The molecule has 0 heterocycles. The van der Waals surface area contributed by atoms with Gasteiger partial charge in [0.05, 0.1) is 10.5 Å². The Bertz CT molecular complexity index is 816. The Hall–Kier alpha value is -2.46. The van der Waals surface area contributed by atoms with Gasteiger partial charge in [0.25, 0.3) is 5.91 Å². The highest BCUT2D eigenvalue weighted by atomic mass is 32.2. The molecular formula is C18H25N3O6S. The number of amides is 2. The minimum Gasteiger partial charge on any atom is -0.452 e. The topological polar surface area (TPSA) is 122 Å². The van der Waals surface area contributed by atoms with E-state index in [-0.39, 0.29) is 16.5 Å². The molecule has 0 radical (unpaired) electrons. The summed E-state index contributed by atoms with van der Waals surface area (Å²) in [4.78, 5) is 34.2. The first-order chi connectivity index (χ1) is 13.2. The zero-order valence-corrected chi connectivity index (χ0v) is 16.8. The standard InChI is InChI=1S/C18H25N3O6S/c1-13(22)19-20-17(23)12-27-18(24)14-8-10-16(11-9-14)28(25,26)21(2)15-6-4-3-5-7-15/h8-11,15H,3-7,12H2,1-2H3,(H,19,22)(H,20,23). The van der Waals surface area contributed by atoms with Gasteiger partial charge in [0, 0.05) is 20.0 Å². The van der Waals surface area contributed by atoms with Crippen molar-refractivity contribution in [3.8, 4) is 0 Å². The summed E-state index contributed by atoms with van der Waals surface area (Å²) in [7, 11) is -2.06. The second-order valence-corrected chi connectivity index (χ2v) is 8.64. The van der Waals surface area contributed by atoms with E-state index in [1.165, 1.54) is 35.5 Å². The Kier molecular flexibility index (Phi) is 7.53. The maximum absolute atomic E-state index is 12.8. The summed E-state index contributed by atoms with van der Waals surface area (Å²) >= 11 is 0. The van der Waals surface area contributed by atoms with Crippen LogP contribution in [0.2, 0.25) is 0 Å². The lowest BCUT2D eigenvalue weighted by Crippen LogP contribution is -2.42. The van der Waals surface area contributed by atoms with Crippen molar-refractivity contribution in [2.24, 2.45) is 0 Å². The lowest BCUT2D eigenvalue weighted by Gasteiger charge is -2.30. The van der Waals surface area contributed by atoms with Crippen LogP contribution in [0, 0.1) is 0 Å². The average molecular weight is 411 g/mol. The van der Waals surface area contributed by atoms with Crippen molar-refractivity contribution in [1.82, 2.24) is 15.2 Å². The molecule has 1 aromatic carbocycles. The quantitative estimate of drug-likeness (QED) is 0.531. The van der Waals surface area contributed by atoms with Crippen LogP contribution in [-0.4, -0.2) is 50.2 Å². The number of hydrogen-bond donors (Lipinski definition) is 2. The van der Waals surface area contributed by atoms with Gasteiger partial charge in [-0.25, -0.2) is 13.2 Å². The predicted octanol–water partition coefficient (Wildman–Crippen LogP) is 0.964. The molecule has 0 aliphatic heterocycles. The smallest absolute Gasteiger partial charge is 0.338 e. The maximum Gasteiger partial charge on any atom is 0.338 e. The molecule has 1 fully saturated rings. The number of ether oxygens (including phenoxy) is 1. The van der Waals surface area contributed by atoms with E-state index < -0.39 is 34.4 Å². The molecule has 2 rings (SSSR count). The Morgan fingerprint density at radius 2 is 1.68 bits per heavy atom. The number of nitrogens with zero attached hydrogens (tertiary/aromatic N) is 1. The zero-order valence-electron chi connectivity index (χ0n) is 15.9. The lowest BCUT2D eigenvalue weighted by molar-refractivity contribution is -0.129. The van der Waals surface area contributed by atoms with E-state index in [1.807, 2.05) is 0 Å². The fraction of sp³-hybridized carbons (Fsp3) is 0.500. The number of hydrogen-bond acceptors (Lipinski definition) is 6. The number of hydrazine groups is 1. The molecular weight excluding hydrogens is 386 g/mol. The van der Waals surface area contributed by atoms with E-state index in [9.17, 15) is 22.8 Å². The van der Waals surface area contributed by atoms with Crippen molar-refractivity contribution < 1.29 is 27.5 Å². The molecule has 2 N–H and O–H groups in total. The third-order valence-electron chi connectivity index (χ3n) is 4.57. The van der Waals surface area contributed by atoms with Gasteiger partial charge in [-0.15, -0.1) is 0 Å². The number of nitrogens with one attached hydrogen (secondary N) is 2. The second-order valence-electron chi connectivity index (χ2n) is 6.64. The summed E-state index contributed by atoms with van der Waals surface area (Å²) in [6.07, 6.45) is 4.86. The average Bonchev–Trinajstić information content (AvgIpc) is 2.70. The first kappa shape index (κ1) is 21.8. The van der Waals surface area contributed by atoms with Crippen molar-refractivity contribution in [2.45, 2.75) is 50.0 Å². The van der Waals surface area contributed by atoms with E-state index in [2.05, 4.69) is 10.9 Å². The van der Waals surface area contributed by atoms with Crippen molar-refractivity contribution in [3.63, 3.8) is 0 Å². The third-order valence-corrected chi connectivity index (χ3v) is 6.49. The van der Waals surface area contributed by atoms with E-state index in [4.69, 9.17) is 4.74 Å². The van der Waals surface area contributed by atoms with Gasteiger partial charge < -0.3 is 4.74 Å². The van der Waals surface area contributed by atoms with Crippen LogP contribution in [0.25, 0.3) is 0 Å². The Labute approximate surface area is 164 Å². The lowest BCUT2D eigenvalue weighted by atomic mass is 9.96. The molecule has 1 saturated carbocycles. The van der Waals surface area contributed by atoms with E-state index >= 15 is 0 Å². The van der Waals surface area contributed by atoms with Gasteiger partial charge >= 0.3 is 5.97 Å². The molecule has 9 nitrogen and oxygen atoms in total. The number of esters is 1. The summed E-state index contributed by atoms with van der Waals surface area (Å²) in [5, 5.41) is 0. The second kappa shape index (κ2) is 9.65. The minimum atomic E-state index is -3.65. The molecule has 28 heavy (non-hydrogen) atoms. The minimum absolute atomic E-state index is 0.00878. The van der Waals surface area contributed by atoms with E-state index in [0.717, 1.165) is 32.1 Å². The Balaban J connectivity index is 1.97. The molecule has 1 aliphatic carbocycles. The molecule has 10 heteroatoms. The fourth-order valence-corrected chi connectivity index (χ4v) is 4.39. The van der Waals surface area contributed by atoms with Crippen LogP contribution in [0.4, 0.5) is 0 Å². The van der Waals surface area contributed by atoms with Gasteiger partial charge in [0.2, 0.25) is 15.9 Å². The van der Waals surface area contributed by atoms with Crippen LogP contribution in [0.3, 0.4) is 0 Å². The highest BCUT2D eigenvalue weighted by molar-refractivity contribution is 7.89. The number of carbonyl (C=O) groups is 3. The van der Waals surface area contributed by atoms with Crippen LogP contribution >= 0.6 is 0 Å². The van der Waals surface area contributed by atoms with Gasteiger partial charge in [0.1, 0.15) is 0 Å². The molecule has 1 aliphatic rings. The highest BCUT2D eigenvalue weighted by Crippen LogP contribution is 2.26. The first-order valence-electron chi connectivity index (χ1n) is 9.02. The Morgan fingerprint density at radius 1 is 1.07 bits per heavy atom. The van der Waals surface area contributed by atoms with Gasteiger partial charge in [0.15, 0.2) is 6.61 Å². The molecule has 0 unspecified atom stereocenters. The largest absolute Gasteiger partial charge is 0.452 e. The number of benzene rings is 1. The van der Waals surface area contributed by atoms with Gasteiger partial charge in [-0.05, 0) is 37.1 Å². The summed E-state index contributed by atoms with van der Waals surface area (Å²) in [5.74, 6) is -1.94. The van der Waals surface area contributed by atoms with Crippen LogP contribution in [0.15, 0.2) is 29.2 Å². The monoisotopic (exact) mass is 411 g/mol. The normalized spacial score (nSPS) is 15.1. The number of rotatable bonds is 6. The molecule has 154 valence electrons. The van der Waals surface area contributed by atoms with Crippen molar-refractivity contribution in [1.29, 1.82) is 0 Å². The van der Waals surface area contributed by atoms with Crippen LogP contribution in [-0.2, 0) is 24.3 Å². The summed E-state index contributed by atoms with van der Waals surface area (Å²) in [5.41, 5.74) is 4.25. The molecule has 0 atom stereocenters. The van der Waals surface area contributed by atoms with Gasteiger partial charge in [-0.1, -0.05) is 19.3 Å². The number of sulfonamides is 1. The predicted molar refractivity (Wildman–Crippen MR) is 101 cm³/mol. The highest BCUT2D eigenvalue weighted by Gasteiger charge is 2.29. The number of carbonyl (C=O) groups excluding carboxylic acids is 3. The summed E-state index contributed by atoms with van der Waals surface area (Å²) < 4.78 is 31.8. The van der Waals surface area contributed by atoms with Crippen LogP contribution in [0.5, 0.6) is 0 Å². The summed E-state index contributed by atoms with van der Waals surface area (Å²) in [6.45, 7) is 0.636. The zero-order chi connectivity index (χ0) is 20.7. The first-order valence-corrected chi connectivity index (χ1v) is 10.5. The molecule has 0 bridgehead atoms. The van der Waals surface area contributed by atoms with Crippen LogP contribution in [0.1, 0.15) is 49.4 Å². The summed E-state index contributed by atoms with van der Waals surface area (Å²) in [6, 6.07) is 5.38. The van der Waals surface area contributed by atoms with Crippen molar-refractivity contribution >= 4 is 27.8 Å². The van der Waals surface area contributed by atoms with Crippen molar-refractivity contribution in [2.75, 3.05) is 13.7 Å². The molecule has 2 amide bonds. The molecule has 0 spiro atoms. The Morgan fingerprint density at radius 3 is 2.25 bits per heavy atom. The maximum atomic E-state index is 12.8. The van der Waals surface area contributed by atoms with Crippen LogP contribution < -0.4 is 10.9 Å². The van der Waals surface area contributed by atoms with E-state index in [0.29, 0.717) is 0 Å². The van der Waals surface area contributed by atoms with E-state index in [1.54, 1.807) is 7.05 Å².